The van der Waals surface area contributed by atoms with Crippen molar-refractivity contribution in [2.24, 2.45) is 5.92 Å². The molecule has 4 nitrogen and oxygen atoms in total. The number of hydrogen-bond donors (Lipinski definition) is 1. The highest BCUT2D eigenvalue weighted by Gasteiger charge is 2.25. The van der Waals surface area contributed by atoms with Gasteiger partial charge in [-0.25, -0.2) is 0 Å². The van der Waals surface area contributed by atoms with Crippen molar-refractivity contribution < 1.29 is 9.53 Å². The number of ether oxygens (including phenoxy) is 1. The Balaban J connectivity index is 1.44. The van der Waals surface area contributed by atoms with Gasteiger partial charge in [-0.1, -0.05) is 61.8 Å². The fourth-order valence-electron chi connectivity index (χ4n) is 3.85. The van der Waals surface area contributed by atoms with Crippen molar-refractivity contribution >= 4 is 17.5 Å². The van der Waals surface area contributed by atoms with Crippen LogP contribution in [0.5, 0.6) is 5.75 Å². The monoisotopic (exact) mass is 414 g/mol. The summed E-state index contributed by atoms with van der Waals surface area (Å²) in [5.74, 6) is 1.45. The molecule has 0 spiro atoms. The Morgan fingerprint density at radius 3 is 2.76 bits per heavy atom. The molecular weight excluding hydrogens is 384 g/mol. The predicted molar refractivity (Wildman–Crippen MR) is 118 cm³/mol. The van der Waals surface area contributed by atoms with Gasteiger partial charge < -0.3 is 10.1 Å². The minimum atomic E-state index is 0.0224. The molecule has 1 fully saturated rings. The Morgan fingerprint density at radius 2 is 1.97 bits per heavy atom. The number of amides is 1. The Hall–Kier alpha value is -2.04. The molecule has 1 saturated heterocycles. The van der Waals surface area contributed by atoms with Crippen LogP contribution in [0.1, 0.15) is 43.7 Å². The van der Waals surface area contributed by atoms with E-state index in [1.165, 1.54) is 5.56 Å². The lowest BCUT2D eigenvalue weighted by Crippen LogP contribution is -2.43. The summed E-state index contributed by atoms with van der Waals surface area (Å²) in [6.07, 6.45) is 1.96. The first-order chi connectivity index (χ1) is 14.0. The molecule has 0 unspecified atom stereocenters. The lowest BCUT2D eigenvalue weighted by atomic mass is 9.96. The number of rotatable bonds is 8. The lowest BCUT2D eigenvalue weighted by Gasteiger charge is -2.32. The smallest absolute Gasteiger partial charge is 0.224 e. The van der Waals surface area contributed by atoms with E-state index < -0.39 is 0 Å². The summed E-state index contributed by atoms with van der Waals surface area (Å²) in [7, 11) is 0. The third-order valence-electron chi connectivity index (χ3n) is 5.43. The van der Waals surface area contributed by atoms with Gasteiger partial charge in [0.1, 0.15) is 12.4 Å². The Bertz CT molecular complexity index is 809. The normalized spacial score (nSPS) is 17.3. The number of likely N-dealkylation sites (tertiary alicyclic amines) is 1. The van der Waals surface area contributed by atoms with Gasteiger partial charge in [0.2, 0.25) is 5.91 Å². The van der Waals surface area contributed by atoms with E-state index in [0.29, 0.717) is 19.1 Å². The van der Waals surface area contributed by atoms with Gasteiger partial charge in [-0.05, 0) is 48.6 Å². The van der Waals surface area contributed by atoms with Crippen molar-refractivity contribution in [1.29, 1.82) is 0 Å². The second-order valence-electron chi connectivity index (χ2n) is 8.00. The van der Waals surface area contributed by atoms with Crippen LogP contribution in [0.3, 0.4) is 0 Å². The molecule has 0 bridgehead atoms. The minimum Gasteiger partial charge on any atom is -0.491 e. The Kier molecular flexibility index (Phi) is 7.96. The molecule has 1 heterocycles. The Labute approximate surface area is 179 Å². The van der Waals surface area contributed by atoms with Gasteiger partial charge in [0.25, 0.3) is 0 Å². The molecule has 1 amide bonds. The zero-order valence-electron chi connectivity index (χ0n) is 17.4. The number of nitrogens with one attached hydrogen (secondary N) is 1. The molecule has 5 heteroatoms. The standard InChI is InChI=1S/C24H31ClN2O2/c1-18(2)21-10-4-6-12-23(21)29-15-13-26-24(28)20-9-7-14-27(17-20)16-19-8-3-5-11-22(19)25/h3-6,8,10-12,18,20H,7,9,13-17H2,1-2H3,(H,26,28)/t20-/m0/s1. The first kappa shape index (κ1) is 21.7. The van der Waals surface area contributed by atoms with Crippen LogP contribution < -0.4 is 10.1 Å². The van der Waals surface area contributed by atoms with Crippen LogP contribution in [0, 0.1) is 5.92 Å². The molecule has 0 radical (unpaired) electrons. The molecule has 3 rings (SSSR count). The highest BCUT2D eigenvalue weighted by Crippen LogP contribution is 2.26. The van der Waals surface area contributed by atoms with Crippen LogP contribution in [0.2, 0.25) is 5.02 Å². The van der Waals surface area contributed by atoms with E-state index in [1.54, 1.807) is 0 Å². The third kappa shape index (κ3) is 6.22. The summed E-state index contributed by atoms with van der Waals surface area (Å²) in [6.45, 7) is 7.87. The molecule has 156 valence electrons. The molecule has 1 aliphatic rings. The van der Waals surface area contributed by atoms with Gasteiger partial charge in [-0.2, -0.15) is 0 Å². The maximum absolute atomic E-state index is 12.6. The van der Waals surface area contributed by atoms with E-state index in [1.807, 2.05) is 36.4 Å². The van der Waals surface area contributed by atoms with Crippen LogP contribution in [0.4, 0.5) is 0 Å². The number of halogens is 1. The molecule has 0 aliphatic carbocycles. The fraction of sp³-hybridized carbons (Fsp3) is 0.458. The van der Waals surface area contributed by atoms with Crippen LogP contribution in [0.15, 0.2) is 48.5 Å². The number of carbonyl (C=O) groups is 1. The average molecular weight is 415 g/mol. The molecule has 1 atom stereocenters. The fourth-order valence-corrected chi connectivity index (χ4v) is 4.04. The molecule has 1 N–H and O–H groups in total. The summed E-state index contributed by atoms with van der Waals surface area (Å²) >= 11 is 6.29. The van der Waals surface area contributed by atoms with Gasteiger partial charge in [0, 0.05) is 18.1 Å². The number of carbonyl (C=O) groups excluding carboxylic acids is 1. The van der Waals surface area contributed by atoms with Crippen molar-refractivity contribution in [3.8, 4) is 5.75 Å². The zero-order chi connectivity index (χ0) is 20.6. The largest absolute Gasteiger partial charge is 0.491 e. The zero-order valence-corrected chi connectivity index (χ0v) is 18.1. The van der Waals surface area contributed by atoms with Crippen LogP contribution in [-0.4, -0.2) is 37.0 Å². The van der Waals surface area contributed by atoms with Crippen molar-refractivity contribution in [3.05, 3.63) is 64.7 Å². The molecular formula is C24H31ClN2O2. The number of piperidine rings is 1. The van der Waals surface area contributed by atoms with Gasteiger partial charge >= 0.3 is 0 Å². The number of hydrogen-bond acceptors (Lipinski definition) is 3. The Morgan fingerprint density at radius 1 is 1.21 bits per heavy atom. The first-order valence-corrected chi connectivity index (χ1v) is 10.9. The second kappa shape index (κ2) is 10.7. The average Bonchev–Trinajstić information content (AvgIpc) is 2.73. The first-order valence-electron chi connectivity index (χ1n) is 10.5. The summed E-state index contributed by atoms with van der Waals surface area (Å²) in [6, 6.07) is 16.0. The van der Waals surface area contributed by atoms with Gasteiger partial charge in [0.05, 0.1) is 12.5 Å². The van der Waals surface area contributed by atoms with Gasteiger partial charge in [-0.15, -0.1) is 0 Å². The third-order valence-corrected chi connectivity index (χ3v) is 5.80. The van der Waals surface area contributed by atoms with Crippen LogP contribution in [0.25, 0.3) is 0 Å². The summed E-state index contributed by atoms with van der Waals surface area (Å²) < 4.78 is 5.91. The summed E-state index contributed by atoms with van der Waals surface area (Å²) in [5.41, 5.74) is 2.31. The SMILES string of the molecule is CC(C)c1ccccc1OCCNC(=O)[C@H]1CCCN(Cc2ccccc2Cl)C1. The molecule has 0 aromatic heterocycles. The molecule has 2 aromatic carbocycles. The minimum absolute atomic E-state index is 0.0224. The lowest BCUT2D eigenvalue weighted by molar-refractivity contribution is -0.126. The number of nitrogens with zero attached hydrogens (tertiary/aromatic N) is 1. The molecule has 1 aliphatic heterocycles. The van der Waals surface area contributed by atoms with Crippen molar-refractivity contribution in [3.63, 3.8) is 0 Å². The highest BCUT2D eigenvalue weighted by atomic mass is 35.5. The van der Waals surface area contributed by atoms with Crippen molar-refractivity contribution in [1.82, 2.24) is 10.2 Å². The molecule has 0 saturated carbocycles. The van der Waals surface area contributed by atoms with E-state index in [2.05, 4.69) is 36.2 Å². The van der Waals surface area contributed by atoms with E-state index >= 15 is 0 Å². The number of para-hydroxylation sites is 1. The van der Waals surface area contributed by atoms with Crippen molar-refractivity contribution in [2.45, 2.75) is 39.2 Å². The van der Waals surface area contributed by atoms with E-state index in [0.717, 1.165) is 48.8 Å². The second-order valence-corrected chi connectivity index (χ2v) is 8.40. The molecule has 2 aromatic rings. The summed E-state index contributed by atoms with van der Waals surface area (Å²) in [4.78, 5) is 15.0. The topological polar surface area (TPSA) is 41.6 Å². The van der Waals surface area contributed by atoms with E-state index in [-0.39, 0.29) is 11.8 Å². The quantitative estimate of drug-likeness (QED) is 0.626. The van der Waals surface area contributed by atoms with Gasteiger partial charge in [0.15, 0.2) is 0 Å². The predicted octanol–water partition coefficient (Wildman–Crippen LogP) is 4.87. The van der Waals surface area contributed by atoms with E-state index in [9.17, 15) is 4.79 Å². The van der Waals surface area contributed by atoms with E-state index in [4.69, 9.17) is 16.3 Å². The summed E-state index contributed by atoms with van der Waals surface area (Å²) in [5, 5.41) is 3.84. The highest BCUT2D eigenvalue weighted by molar-refractivity contribution is 6.31. The molecule has 29 heavy (non-hydrogen) atoms. The van der Waals surface area contributed by atoms with Gasteiger partial charge in [-0.3, -0.25) is 9.69 Å². The van der Waals surface area contributed by atoms with Crippen LogP contribution >= 0.6 is 11.6 Å². The van der Waals surface area contributed by atoms with Crippen molar-refractivity contribution in [2.75, 3.05) is 26.2 Å². The maximum Gasteiger partial charge on any atom is 0.224 e. The number of benzene rings is 2. The maximum atomic E-state index is 12.6. The van der Waals surface area contributed by atoms with Crippen LogP contribution in [-0.2, 0) is 11.3 Å².